The maximum atomic E-state index is 9.75. The van der Waals surface area contributed by atoms with Crippen LogP contribution in [-0.2, 0) is 4.79 Å². The van der Waals surface area contributed by atoms with Gasteiger partial charge in [0, 0.05) is 12.6 Å². The summed E-state index contributed by atoms with van der Waals surface area (Å²) in [6.45, 7) is 4.73. The number of rotatable bonds is 5. The normalized spacial score (nSPS) is 16.5. The zero-order valence-electron chi connectivity index (χ0n) is 6.92. The molecule has 0 N–H and O–H groups in total. The van der Waals surface area contributed by atoms with Gasteiger partial charge >= 0.3 is 0 Å². The van der Waals surface area contributed by atoms with Gasteiger partial charge in [0.1, 0.15) is 0 Å². The highest BCUT2D eigenvalue weighted by Crippen LogP contribution is 2.25. The number of carbonyl (C=O) groups excluding carboxylic acids is 1. The van der Waals surface area contributed by atoms with E-state index in [1.807, 2.05) is 0 Å². The van der Waals surface area contributed by atoms with Gasteiger partial charge in [-0.1, -0.05) is 6.92 Å². The molecule has 0 aliphatic heterocycles. The first kappa shape index (κ1) is 8.44. The standard InChI is InChI=1S/C8H14N2O/c1-2-10(8-3-4-8)6-5-9-7-11/h8H,2-6H2,1H3. The van der Waals surface area contributed by atoms with Gasteiger partial charge in [0.05, 0.1) is 6.54 Å². The van der Waals surface area contributed by atoms with Crippen molar-refractivity contribution in [2.45, 2.75) is 25.8 Å². The molecule has 11 heavy (non-hydrogen) atoms. The Hall–Kier alpha value is -0.660. The first-order valence-corrected chi connectivity index (χ1v) is 4.16. The van der Waals surface area contributed by atoms with Crippen LogP contribution in [0.3, 0.4) is 0 Å². The van der Waals surface area contributed by atoms with Gasteiger partial charge in [-0.05, 0) is 19.4 Å². The molecule has 0 spiro atoms. The van der Waals surface area contributed by atoms with Gasteiger partial charge in [-0.3, -0.25) is 4.90 Å². The number of aliphatic imine (C=N–C) groups is 1. The molecule has 62 valence electrons. The second kappa shape index (κ2) is 4.27. The molecule has 3 nitrogen and oxygen atoms in total. The van der Waals surface area contributed by atoms with Crippen molar-refractivity contribution in [1.29, 1.82) is 0 Å². The topological polar surface area (TPSA) is 32.7 Å². The van der Waals surface area contributed by atoms with Crippen LogP contribution in [0.15, 0.2) is 4.99 Å². The Bertz CT molecular complexity index is 159. The Labute approximate surface area is 67.1 Å². The third kappa shape index (κ3) is 2.83. The van der Waals surface area contributed by atoms with E-state index in [1.165, 1.54) is 12.8 Å². The van der Waals surface area contributed by atoms with Crippen molar-refractivity contribution < 1.29 is 4.79 Å². The van der Waals surface area contributed by atoms with Crippen LogP contribution >= 0.6 is 0 Å². The lowest BCUT2D eigenvalue weighted by Crippen LogP contribution is -2.28. The highest BCUT2D eigenvalue weighted by atomic mass is 16.1. The molecule has 0 bridgehead atoms. The summed E-state index contributed by atoms with van der Waals surface area (Å²) in [5.41, 5.74) is 0. The molecule has 1 saturated carbocycles. The van der Waals surface area contributed by atoms with Crippen LogP contribution in [-0.4, -0.2) is 36.7 Å². The van der Waals surface area contributed by atoms with Gasteiger partial charge < -0.3 is 0 Å². The van der Waals surface area contributed by atoms with E-state index >= 15 is 0 Å². The summed E-state index contributed by atoms with van der Waals surface area (Å²) in [5, 5.41) is 0. The summed E-state index contributed by atoms with van der Waals surface area (Å²) in [7, 11) is 0. The van der Waals surface area contributed by atoms with Crippen molar-refractivity contribution in [3.63, 3.8) is 0 Å². The van der Waals surface area contributed by atoms with Crippen LogP contribution < -0.4 is 0 Å². The average molecular weight is 154 g/mol. The second-order valence-corrected chi connectivity index (χ2v) is 2.83. The molecule has 0 aromatic carbocycles. The van der Waals surface area contributed by atoms with E-state index in [1.54, 1.807) is 6.08 Å². The molecule has 0 atom stereocenters. The number of isocyanates is 1. The fourth-order valence-electron chi connectivity index (χ4n) is 1.26. The minimum absolute atomic E-state index is 0.605. The predicted molar refractivity (Wildman–Crippen MR) is 43.3 cm³/mol. The van der Waals surface area contributed by atoms with Gasteiger partial charge in [0.15, 0.2) is 0 Å². The van der Waals surface area contributed by atoms with E-state index in [4.69, 9.17) is 0 Å². The first-order chi connectivity index (χ1) is 5.38. The van der Waals surface area contributed by atoms with Crippen LogP contribution in [0.5, 0.6) is 0 Å². The van der Waals surface area contributed by atoms with Crippen LogP contribution in [0, 0.1) is 0 Å². The molecular formula is C8H14N2O. The third-order valence-corrected chi connectivity index (χ3v) is 2.03. The van der Waals surface area contributed by atoms with Gasteiger partial charge in [-0.15, -0.1) is 0 Å². The smallest absolute Gasteiger partial charge is 0.234 e. The lowest BCUT2D eigenvalue weighted by molar-refractivity contribution is 0.286. The number of nitrogens with zero attached hydrogens (tertiary/aromatic N) is 2. The van der Waals surface area contributed by atoms with Gasteiger partial charge in [0.2, 0.25) is 6.08 Å². The van der Waals surface area contributed by atoms with E-state index in [9.17, 15) is 4.79 Å². The van der Waals surface area contributed by atoms with Crippen molar-refractivity contribution in [3.05, 3.63) is 0 Å². The van der Waals surface area contributed by atoms with Crippen molar-refractivity contribution >= 4 is 6.08 Å². The first-order valence-electron chi connectivity index (χ1n) is 4.16. The zero-order chi connectivity index (χ0) is 8.10. The molecule has 0 radical (unpaired) electrons. The van der Waals surface area contributed by atoms with Crippen LogP contribution in [0.25, 0.3) is 0 Å². The fraction of sp³-hybridized carbons (Fsp3) is 0.875. The molecule has 3 heteroatoms. The van der Waals surface area contributed by atoms with E-state index in [0.717, 1.165) is 19.1 Å². The lowest BCUT2D eigenvalue weighted by atomic mass is 10.4. The summed E-state index contributed by atoms with van der Waals surface area (Å²) in [6.07, 6.45) is 4.19. The number of hydrogen-bond donors (Lipinski definition) is 0. The molecule has 1 aliphatic rings. The Kier molecular flexibility index (Phi) is 3.27. The van der Waals surface area contributed by atoms with E-state index in [2.05, 4.69) is 16.8 Å². The second-order valence-electron chi connectivity index (χ2n) is 2.83. The third-order valence-electron chi connectivity index (χ3n) is 2.03. The van der Waals surface area contributed by atoms with Crippen molar-refractivity contribution in [1.82, 2.24) is 4.90 Å². The van der Waals surface area contributed by atoms with Crippen LogP contribution in [0.2, 0.25) is 0 Å². The average Bonchev–Trinajstić information content (AvgIpc) is 2.81. The molecule has 0 unspecified atom stereocenters. The van der Waals surface area contributed by atoms with Crippen molar-refractivity contribution in [3.8, 4) is 0 Å². The predicted octanol–water partition coefficient (Wildman–Crippen LogP) is 0.806. The summed E-state index contributed by atoms with van der Waals surface area (Å²) in [5.74, 6) is 0. The summed E-state index contributed by atoms with van der Waals surface area (Å²) in [6, 6.07) is 0.779. The molecule has 1 fully saturated rings. The Morgan fingerprint density at radius 3 is 2.82 bits per heavy atom. The van der Waals surface area contributed by atoms with Crippen LogP contribution in [0.1, 0.15) is 19.8 Å². The lowest BCUT2D eigenvalue weighted by Gasteiger charge is -2.17. The summed E-state index contributed by atoms with van der Waals surface area (Å²) < 4.78 is 0. The molecule has 0 heterocycles. The maximum absolute atomic E-state index is 9.75. The maximum Gasteiger partial charge on any atom is 0.234 e. The monoisotopic (exact) mass is 154 g/mol. The largest absolute Gasteiger partial charge is 0.299 e. The van der Waals surface area contributed by atoms with Crippen molar-refractivity contribution in [2.24, 2.45) is 4.99 Å². The fourth-order valence-corrected chi connectivity index (χ4v) is 1.26. The molecule has 0 amide bonds. The molecule has 1 aliphatic carbocycles. The Morgan fingerprint density at radius 2 is 2.36 bits per heavy atom. The summed E-state index contributed by atoms with van der Waals surface area (Å²) >= 11 is 0. The highest BCUT2D eigenvalue weighted by Gasteiger charge is 2.26. The molecule has 0 saturated heterocycles. The number of likely N-dealkylation sites (N-methyl/N-ethyl adjacent to an activating group) is 1. The van der Waals surface area contributed by atoms with Gasteiger partial charge in [-0.25, -0.2) is 9.79 Å². The highest BCUT2D eigenvalue weighted by molar-refractivity contribution is 5.32. The minimum Gasteiger partial charge on any atom is -0.299 e. The Balaban J connectivity index is 2.14. The van der Waals surface area contributed by atoms with E-state index in [0.29, 0.717) is 6.54 Å². The number of hydrogen-bond acceptors (Lipinski definition) is 3. The molecular weight excluding hydrogens is 140 g/mol. The molecule has 1 rings (SSSR count). The van der Waals surface area contributed by atoms with E-state index in [-0.39, 0.29) is 0 Å². The SMILES string of the molecule is CCN(CCN=C=O)C1CC1. The van der Waals surface area contributed by atoms with Crippen molar-refractivity contribution in [2.75, 3.05) is 19.6 Å². The van der Waals surface area contributed by atoms with E-state index < -0.39 is 0 Å². The zero-order valence-corrected chi connectivity index (χ0v) is 6.92. The van der Waals surface area contributed by atoms with Gasteiger partial charge in [0.25, 0.3) is 0 Å². The van der Waals surface area contributed by atoms with Gasteiger partial charge in [-0.2, -0.15) is 0 Å². The Morgan fingerprint density at radius 1 is 1.64 bits per heavy atom. The quantitative estimate of drug-likeness (QED) is 0.433. The molecule has 0 aromatic heterocycles. The van der Waals surface area contributed by atoms with Crippen LogP contribution in [0.4, 0.5) is 0 Å². The molecule has 0 aromatic rings. The summed E-state index contributed by atoms with van der Waals surface area (Å²) in [4.78, 5) is 15.6. The minimum atomic E-state index is 0.605.